The van der Waals surface area contributed by atoms with E-state index in [1.807, 2.05) is 12.1 Å². The van der Waals surface area contributed by atoms with Crippen LogP contribution in [-0.4, -0.2) is 12.1 Å². The van der Waals surface area contributed by atoms with Gasteiger partial charge in [-0.05, 0) is 81.7 Å². The van der Waals surface area contributed by atoms with E-state index in [1.165, 1.54) is 18.3 Å². The van der Waals surface area contributed by atoms with E-state index in [9.17, 15) is 9.18 Å². The first-order valence-corrected chi connectivity index (χ1v) is 10.8. The number of halogens is 3. The molecule has 4 aromatic rings. The van der Waals surface area contributed by atoms with Crippen molar-refractivity contribution in [1.29, 1.82) is 0 Å². The van der Waals surface area contributed by atoms with Crippen molar-refractivity contribution in [2.24, 2.45) is 5.10 Å². The van der Waals surface area contributed by atoms with E-state index in [1.54, 1.807) is 42.5 Å². The van der Waals surface area contributed by atoms with E-state index in [4.69, 9.17) is 9.15 Å². The molecule has 0 fully saturated rings. The van der Waals surface area contributed by atoms with E-state index in [0.717, 1.165) is 21.0 Å². The van der Waals surface area contributed by atoms with Crippen LogP contribution >= 0.6 is 31.9 Å². The highest BCUT2D eigenvalue weighted by atomic mass is 79.9. The summed E-state index contributed by atoms with van der Waals surface area (Å²) in [5.41, 5.74) is 4.56. The van der Waals surface area contributed by atoms with E-state index in [2.05, 4.69) is 42.4 Å². The van der Waals surface area contributed by atoms with E-state index in [0.29, 0.717) is 15.8 Å². The second-order valence-corrected chi connectivity index (χ2v) is 8.37. The van der Waals surface area contributed by atoms with Crippen LogP contribution in [0.1, 0.15) is 21.7 Å². The average molecular weight is 546 g/mol. The van der Waals surface area contributed by atoms with Gasteiger partial charge in [-0.25, -0.2) is 9.82 Å². The van der Waals surface area contributed by atoms with Gasteiger partial charge in [-0.15, -0.1) is 0 Å². The van der Waals surface area contributed by atoms with E-state index in [-0.39, 0.29) is 18.2 Å². The number of furan rings is 1. The Morgan fingerprint density at radius 1 is 1.10 bits per heavy atom. The number of hydrogen-bond donors (Lipinski definition) is 1. The average Bonchev–Trinajstić information content (AvgIpc) is 3.16. The number of nitrogens with zero attached hydrogens (tertiary/aromatic N) is 1. The Bertz CT molecular complexity index is 1290. The Balaban J connectivity index is 1.37. The molecular weight excluding hydrogens is 531 g/mol. The molecular formula is C23H15Br2FN2O3. The molecule has 0 aliphatic rings. The Labute approximate surface area is 194 Å². The second kappa shape index (κ2) is 9.45. The van der Waals surface area contributed by atoms with Gasteiger partial charge in [-0.1, -0.05) is 28.1 Å². The summed E-state index contributed by atoms with van der Waals surface area (Å²) in [6, 6.07) is 18.8. The minimum atomic E-state index is -0.447. The molecule has 1 amide bonds. The monoisotopic (exact) mass is 544 g/mol. The Morgan fingerprint density at radius 2 is 1.97 bits per heavy atom. The molecule has 156 valence electrons. The molecule has 0 bridgehead atoms. The number of carbonyl (C=O) groups excluding carboxylic acids is 1. The molecule has 0 atom stereocenters. The van der Waals surface area contributed by atoms with Crippen LogP contribution in [0.5, 0.6) is 5.75 Å². The lowest BCUT2D eigenvalue weighted by Gasteiger charge is -2.09. The number of ether oxygens (including phenoxy) is 1. The third kappa shape index (κ3) is 5.39. The summed E-state index contributed by atoms with van der Waals surface area (Å²) in [6.45, 7) is 0.244. The van der Waals surface area contributed by atoms with Gasteiger partial charge in [0, 0.05) is 9.86 Å². The topological polar surface area (TPSA) is 63.8 Å². The number of benzene rings is 3. The maximum Gasteiger partial charge on any atom is 0.307 e. The van der Waals surface area contributed by atoms with Gasteiger partial charge in [0.25, 0.3) is 0 Å². The van der Waals surface area contributed by atoms with Crippen molar-refractivity contribution in [3.8, 4) is 5.75 Å². The molecule has 5 nitrogen and oxygen atoms in total. The predicted molar refractivity (Wildman–Crippen MR) is 124 cm³/mol. The van der Waals surface area contributed by atoms with Crippen molar-refractivity contribution in [2.45, 2.75) is 6.61 Å². The zero-order valence-corrected chi connectivity index (χ0v) is 19.1. The van der Waals surface area contributed by atoms with Crippen LogP contribution < -0.4 is 10.2 Å². The zero-order valence-electron chi connectivity index (χ0n) is 15.9. The van der Waals surface area contributed by atoms with Gasteiger partial charge in [0.05, 0.1) is 10.7 Å². The molecule has 0 aliphatic heterocycles. The standard InChI is InChI=1S/C23H15Br2FN2O3/c24-17-5-7-20-16(10-17)11-22(31-20)23(29)28-27-12-14-4-6-21(19(25)9-14)30-13-15-2-1-3-18(26)8-15/h1-12H,13H2,(H,28,29)/b27-12+. The Hall–Kier alpha value is -2.97. The summed E-state index contributed by atoms with van der Waals surface area (Å²) in [4.78, 5) is 12.3. The lowest BCUT2D eigenvalue weighted by atomic mass is 10.2. The van der Waals surface area contributed by atoms with Gasteiger partial charge < -0.3 is 9.15 Å². The van der Waals surface area contributed by atoms with E-state index >= 15 is 0 Å². The fraction of sp³-hybridized carbons (Fsp3) is 0.0435. The summed E-state index contributed by atoms with van der Waals surface area (Å²) >= 11 is 6.84. The van der Waals surface area contributed by atoms with Gasteiger partial charge in [-0.3, -0.25) is 4.79 Å². The van der Waals surface area contributed by atoms with Crippen molar-refractivity contribution in [3.05, 3.63) is 98.4 Å². The quantitative estimate of drug-likeness (QED) is 0.224. The van der Waals surface area contributed by atoms with Crippen molar-refractivity contribution < 1.29 is 18.3 Å². The van der Waals surface area contributed by atoms with Crippen molar-refractivity contribution in [2.75, 3.05) is 0 Å². The van der Waals surface area contributed by atoms with Gasteiger partial charge >= 0.3 is 5.91 Å². The SMILES string of the molecule is O=C(N/N=C/c1ccc(OCc2cccc(F)c2)c(Br)c1)c1cc2cc(Br)ccc2o1. The minimum absolute atomic E-state index is 0.174. The molecule has 0 spiro atoms. The molecule has 31 heavy (non-hydrogen) atoms. The van der Waals surface area contributed by atoms with Crippen LogP contribution in [-0.2, 0) is 6.61 Å². The first-order chi connectivity index (χ1) is 15.0. The first kappa shape index (κ1) is 21.3. The Kier molecular flexibility index (Phi) is 6.48. The van der Waals surface area contributed by atoms with Crippen molar-refractivity contribution in [3.63, 3.8) is 0 Å². The number of rotatable bonds is 6. The smallest absolute Gasteiger partial charge is 0.307 e. The molecule has 0 saturated carbocycles. The molecule has 0 aliphatic carbocycles. The predicted octanol–water partition coefficient (Wildman–Crippen LogP) is 6.44. The maximum absolute atomic E-state index is 13.3. The molecule has 4 rings (SSSR count). The molecule has 0 unspecified atom stereocenters. The lowest BCUT2D eigenvalue weighted by Crippen LogP contribution is -2.16. The molecule has 0 saturated heterocycles. The summed E-state index contributed by atoms with van der Waals surface area (Å²) in [5.74, 6) is 0.0355. The highest BCUT2D eigenvalue weighted by molar-refractivity contribution is 9.10. The molecule has 3 aromatic carbocycles. The normalized spacial score (nSPS) is 11.2. The highest BCUT2D eigenvalue weighted by Crippen LogP contribution is 2.26. The maximum atomic E-state index is 13.3. The highest BCUT2D eigenvalue weighted by Gasteiger charge is 2.11. The molecule has 8 heteroatoms. The summed E-state index contributed by atoms with van der Waals surface area (Å²) in [7, 11) is 0. The zero-order chi connectivity index (χ0) is 21.8. The lowest BCUT2D eigenvalue weighted by molar-refractivity contribution is 0.0929. The number of hydrazone groups is 1. The summed E-state index contributed by atoms with van der Waals surface area (Å²) < 4.78 is 26.1. The molecule has 1 heterocycles. The van der Waals surface area contributed by atoms with Gasteiger partial charge in [0.2, 0.25) is 0 Å². The minimum Gasteiger partial charge on any atom is -0.488 e. The Morgan fingerprint density at radius 3 is 2.77 bits per heavy atom. The summed E-state index contributed by atoms with van der Waals surface area (Å²) in [5, 5.41) is 4.80. The third-order valence-corrected chi connectivity index (χ3v) is 5.43. The van der Waals surface area contributed by atoms with Crippen molar-refractivity contribution >= 4 is 55.0 Å². The third-order valence-electron chi connectivity index (χ3n) is 4.32. The number of fused-ring (bicyclic) bond motifs is 1. The second-order valence-electron chi connectivity index (χ2n) is 6.60. The fourth-order valence-electron chi connectivity index (χ4n) is 2.85. The number of hydrogen-bond acceptors (Lipinski definition) is 4. The van der Waals surface area contributed by atoms with Gasteiger partial charge in [0.15, 0.2) is 5.76 Å². The van der Waals surface area contributed by atoms with Gasteiger partial charge in [-0.2, -0.15) is 5.10 Å². The summed E-state index contributed by atoms with van der Waals surface area (Å²) in [6.07, 6.45) is 1.51. The number of amides is 1. The van der Waals surface area contributed by atoms with Gasteiger partial charge in [0.1, 0.15) is 23.8 Å². The fourth-order valence-corrected chi connectivity index (χ4v) is 3.74. The van der Waals surface area contributed by atoms with Crippen LogP contribution in [0.4, 0.5) is 4.39 Å². The van der Waals surface area contributed by atoms with Crippen LogP contribution in [0, 0.1) is 5.82 Å². The first-order valence-electron chi connectivity index (χ1n) is 9.17. The van der Waals surface area contributed by atoms with Crippen LogP contribution in [0.2, 0.25) is 0 Å². The van der Waals surface area contributed by atoms with Crippen molar-refractivity contribution in [1.82, 2.24) is 5.43 Å². The number of nitrogens with one attached hydrogen (secondary N) is 1. The molecule has 0 radical (unpaired) electrons. The molecule has 1 aromatic heterocycles. The largest absolute Gasteiger partial charge is 0.488 e. The number of carbonyl (C=O) groups is 1. The molecule has 1 N–H and O–H groups in total. The van der Waals surface area contributed by atoms with Crippen LogP contribution in [0.3, 0.4) is 0 Å². The van der Waals surface area contributed by atoms with Crippen LogP contribution in [0.15, 0.2) is 85.2 Å². The van der Waals surface area contributed by atoms with E-state index < -0.39 is 5.91 Å². The van der Waals surface area contributed by atoms with Crippen LogP contribution in [0.25, 0.3) is 11.0 Å².